The third-order valence-electron chi connectivity index (χ3n) is 3.93. The van der Waals surface area contributed by atoms with Gasteiger partial charge in [0.2, 0.25) is 0 Å². The molecule has 1 atom stereocenters. The summed E-state index contributed by atoms with van der Waals surface area (Å²) in [6, 6.07) is 25.9. The number of nitrogens with two attached hydrogens (primary N) is 1. The van der Waals surface area contributed by atoms with Crippen LogP contribution in [0.15, 0.2) is 78.9 Å². The number of hydrogen-bond acceptors (Lipinski definition) is 3. The van der Waals surface area contributed by atoms with Gasteiger partial charge in [-0.05, 0) is 41.0 Å². The third-order valence-corrected chi connectivity index (χ3v) is 3.93. The molecule has 3 aromatic carbocycles. The van der Waals surface area contributed by atoms with Crippen LogP contribution in [0, 0.1) is 0 Å². The molecule has 122 valence electrons. The molecule has 0 bridgehead atoms. The lowest BCUT2D eigenvalue weighted by Gasteiger charge is -2.14. The molecular weight excluding hydrogens is 298 g/mol. The second-order valence-electron chi connectivity index (χ2n) is 5.58. The predicted molar refractivity (Wildman–Crippen MR) is 97.3 cm³/mol. The molecule has 0 fully saturated rings. The van der Waals surface area contributed by atoms with Crippen molar-refractivity contribution in [3.63, 3.8) is 0 Å². The van der Waals surface area contributed by atoms with Gasteiger partial charge in [-0.2, -0.15) is 0 Å². The largest absolute Gasteiger partial charge is 0.497 e. The smallest absolute Gasteiger partial charge is 0.119 e. The molecule has 0 aromatic heterocycles. The Kier molecular flexibility index (Phi) is 5.14. The summed E-state index contributed by atoms with van der Waals surface area (Å²) in [5, 5.41) is 0. The van der Waals surface area contributed by atoms with Gasteiger partial charge in [0.15, 0.2) is 0 Å². The van der Waals surface area contributed by atoms with Crippen LogP contribution in [0.25, 0.3) is 11.1 Å². The van der Waals surface area contributed by atoms with E-state index in [1.165, 1.54) is 11.1 Å². The minimum Gasteiger partial charge on any atom is -0.497 e. The summed E-state index contributed by atoms with van der Waals surface area (Å²) >= 11 is 0. The lowest BCUT2D eigenvalue weighted by Crippen LogP contribution is -2.18. The van der Waals surface area contributed by atoms with Crippen LogP contribution in [0.5, 0.6) is 11.5 Å². The Morgan fingerprint density at radius 3 is 1.96 bits per heavy atom. The zero-order valence-electron chi connectivity index (χ0n) is 13.7. The Morgan fingerprint density at radius 1 is 0.750 bits per heavy atom. The molecule has 0 saturated heterocycles. The van der Waals surface area contributed by atoms with Gasteiger partial charge in [0.25, 0.3) is 0 Å². The Morgan fingerprint density at radius 2 is 1.33 bits per heavy atom. The molecule has 1 unspecified atom stereocenters. The number of ether oxygens (including phenoxy) is 2. The minimum absolute atomic E-state index is 0.176. The summed E-state index contributed by atoms with van der Waals surface area (Å²) in [6.07, 6.45) is 0. The second kappa shape index (κ2) is 7.66. The van der Waals surface area contributed by atoms with E-state index in [4.69, 9.17) is 15.2 Å². The van der Waals surface area contributed by atoms with Crippen LogP contribution in [0.4, 0.5) is 0 Å². The number of benzene rings is 3. The van der Waals surface area contributed by atoms with Gasteiger partial charge in [-0.15, -0.1) is 0 Å². The normalized spacial score (nSPS) is 11.8. The highest BCUT2D eigenvalue weighted by Crippen LogP contribution is 2.23. The number of methoxy groups -OCH3 is 1. The van der Waals surface area contributed by atoms with Crippen LogP contribution in [-0.2, 0) is 0 Å². The summed E-state index contributed by atoms with van der Waals surface area (Å²) in [6.45, 7) is 0.428. The first kappa shape index (κ1) is 16.1. The first-order chi connectivity index (χ1) is 11.8. The summed E-state index contributed by atoms with van der Waals surface area (Å²) < 4.78 is 11.0. The molecule has 0 radical (unpaired) electrons. The highest BCUT2D eigenvalue weighted by atomic mass is 16.5. The van der Waals surface area contributed by atoms with Crippen molar-refractivity contribution in [3.8, 4) is 22.6 Å². The maximum Gasteiger partial charge on any atom is 0.119 e. The second-order valence-corrected chi connectivity index (χ2v) is 5.58. The molecular formula is C21H21NO2. The standard InChI is InChI=1S/C21H21NO2/c1-23-19-11-9-18(10-12-19)21(22)15-24-20-13-7-17(8-14-20)16-5-3-2-4-6-16/h2-14,21H,15,22H2,1H3. The van der Waals surface area contributed by atoms with Crippen molar-refractivity contribution in [3.05, 3.63) is 84.4 Å². The molecule has 0 amide bonds. The highest BCUT2D eigenvalue weighted by Gasteiger charge is 2.07. The lowest BCUT2D eigenvalue weighted by atomic mass is 10.1. The van der Waals surface area contributed by atoms with Gasteiger partial charge in [0.1, 0.15) is 18.1 Å². The fourth-order valence-electron chi connectivity index (χ4n) is 2.51. The molecule has 0 heterocycles. The minimum atomic E-state index is -0.176. The van der Waals surface area contributed by atoms with E-state index < -0.39 is 0 Å². The van der Waals surface area contributed by atoms with Crippen molar-refractivity contribution in [1.82, 2.24) is 0 Å². The van der Waals surface area contributed by atoms with Crippen molar-refractivity contribution in [1.29, 1.82) is 0 Å². The first-order valence-corrected chi connectivity index (χ1v) is 7.94. The summed E-state index contributed by atoms with van der Waals surface area (Å²) in [5.41, 5.74) is 9.58. The molecule has 0 saturated carbocycles. The van der Waals surface area contributed by atoms with Crippen molar-refractivity contribution in [2.75, 3.05) is 13.7 Å². The van der Waals surface area contributed by atoms with E-state index >= 15 is 0 Å². The highest BCUT2D eigenvalue weighted by molar-refractivity contribution is 5.63. The van der Waals surface area contributed by atoms with E-state index in [1.54, 1.807) is 7.11 Å². The average Bonchev–Trinajstić information content (AvgIpc) is 2.67. The van der Waals surface area contributed by atoms with Crippen LogP contribution >= 0.6 is 0 Å². The van der Waals surface area contributed by atoms with E-state index in [2.05, 4.69) is 24.3 Å². The van der Waals surface area contributed by atoms with E-state index in [0.717, 1.165) is 17.1 Å². The van der Waals surface area contributed by atoms with Crippen molar-refractivity contribution in [2.24, 2.45) is 5.73 Å². The topological polar surface area (TPSA) is 44.5 Å². The van der Waals surface area contributed by atoms with Gasteiger partial charge in [-0.25, -0.2) is 0 Å². The zero-order chi connectivity index (χ0) is 16.8. The molecule has 0 aliphatic heterocycles. The van der Waals surface area contributed by atoms with Crippen LogP contribution < -0.4 is 15.2 Å². The van der Waals surface area contributed by atoms with E-state index in [1.807, 2.05) is 54.6 Å². The summed E-state index contributed by atoms with van der Waals surface area (Å²) in [4.78, 5) is 0. The van der Waals surface area contributed by atoms with Crippen molar-refractivity contribution in [2.45, 2.75) is 6.04 Å². The zero-order valence-corrected chi connectivity index (χ0v) is 13.7. The van der Waals surface area contributed by atoms with Crippen LogP contribution in [-0.4, -0.2) is 13.7 Å². The Bertz CT molecular complexity index is 752. The first-order valence-electron chi connectivity index (χ1n) is 7.94. The van der Waals surface area contributed by atoms with Gasteiger partial charge >= 0.3 is 0 Å². The van der Waals surface area contributed by atoms with Gasteiger partial charge in [-0.3, -0.25) is 0 Å². The van der Waals surface area contributed by atoms with Gasteiger partial charge in [0.05, 0.1) is 13.2 Å². The van der Waals surface area contributed by atoms with Crippen LogP contribution in [0.1, 0.15) is 11.6 Å². The predicted octanol–water partition coefficient (Wildman–Crippen LogP) is 4.44. The molecule has 0 aliphatic rings. The molecule has 24 heavy (non-hydrogen) atoms. The monoisotopic (exact) mass is 319 g/mol. The Hall–Kier alpha value is -2.78. The van der Waals surface area contributed by atoms with Crippen LogP contribution in [0.2, 0.25) is 0 Å². The van der Waals surface area contributed by atoms with E-state index in [0.29, 0.717) is 6.61 Å². The molecule has 3 heteroatoms. The maximum absolute atomic E-state index is 6.19. The van der Waals surface area contributed by atoms with Crippen molar-refractivity contribution < 1.29 is 9.47 Å². The van der Waals surface area contributed by atoms with Crippen LogP contribution in [0.3, 0.4) is 0 Å². The SMILES string of the molecule is COc1ccc(C(N)COc2ccc(-c3ccccc3)cc2)cc1. The van der Waals surface area contributed by atoms with Gasteiger partial charge in [-0.1, -0.05) is 54.6 Å². The van der Waals surface area contributed by atoms with E-state index in [9.17, 15) is 0 Å². The number of rotatable bonds is 6. The van der Waals surface area contributed by atoms with Gasteiger partial charge < -0.3 is 15.2 Å². The third kappa shape index (κ3) is 3.94. The Labute approximate surface area is 142 Å². The molecule has 3 nitrogen and oxygen atoms in total. The summed E-state index contributed by atoms with van der Waals surface area (Å²) in [7, 11) is 1.65. The fraction of sp³-hybridized carbons (Fsp3) is 0.143. The van der Waals surface area contributed by atoms with Gasteiger partial charge in [0, 0.05) is 0 Å². The average molecular weight is 319 g/mol. The Balaban J connectivity index is 1.60. The van der Waals surface area contributed by atoms with E-state index in [-0.39, 0.29) is 6.04 Å². The van der Waals surface area contributed by atoms with Crippen molar-refractivity contribution >= 4 is 0 Å². The molecule has 3 rings (SSSR count). The quantitative estimate of drug-likeness (QED) is 0.730. The fourth-order valence-corrected chi connectivity index (χ4v) is 2.51. The summed E-state index contributed by atoms with van der Waals surface area (Å²) in [5.74, 6) is 1.64. The maximum atomic E-state index is 6.19. The lowest BCUT2D eigenvalue weighted by molar-refractivity contribution is 0.290. The molecule has 0 aliphatic carbocycles. The molecule has 3 aromatic rings. The molecule has 2 N–H and O–H groups in total. The number of hydrogen-bond donors (Lipinski definition) is 1. The molecule has 0 spiro atoms.